The normalized spacial score (nSPS) is 16.8. The highest BCUT2D eigenvalue weighted by atomic mass is 32.2. The molecule has 112 valence electrons. The largest absolute Gasteiger partial charge is 0.481 e. The predicted molar refractivity (Wildman–Crippen MR) is 75.0 cm³/mol. The van der Waals surface area contributed by atoms with Crippen LogP contribution in [0.2, 0.25) is 0 Å². The standard InChI is InChI=1S/C14H16N2O4S/c1-10-7-12(4-3-11(10)8-15)21(19,20)16-9-14(13(17)18)5-2-6-14/h3-4,7,16H,2,5-6,9H2,1H3,(H,17,18). The van der Waals surface area contributed by atoms with Crippen molar-refractivity contribution in [2.45, 2.75) is 31.1 Å². The minimum Gasteiger partial charge on any atom is -0.481 e. The first-order valence-electron chi connectivity index (χ1n) is 6.55. The maximum absolute atomic E-state index is 12.2. The van der Waals surface area contributed by atoms with Gasteiger partial charge in [0, 0.05) is 6.54 Å². The van der Waals surface area contributed by atoms with Crippen LogP contribution in [0, 0.1) is 23.7 Å². The first-order chi connectivity index (χ1) is 9.81. The Hall–Kier alpha value is -1.91. The van der Waals surface area contributed by atoms with E-state index in [9.17, 15) is 18.3 Å². The molecule has 21 heavy (non-hydrogen) atoms. The third-order valence-corrected chi connectivity index (χ3v) is 5.39. The number of carboxylic acid groups (broad SMARTS) is 1. The van der Waals surface area contributed by atoms with Gasteiger partial charge in [-0.15, -0.1) is 0 Å². The van der Waals surface area contributed by atoms with Gasteiger partial charge in [0.05, 0.1) is 21.9 Å². The Morgan fingerprint density at radius 2 is 2.14 bits per heavy atom. The van der Waals surface area contributed by atoms with E-state index in [4.69, 9.17) is 5.26 Å². The maximum Gasteiger partial charge on any atom is 0.310 e. The van der Waals surface area contributed by atoms with E-state index in [0.717, 1.165) is 6.42 Å². The van der Waals surface area contributed by atoms with Crippen molar-refractivity contribution >= 4 is 16.0 Å². The molecule has 1 aliphatic carbocycles. The molecular weight excluding hydrogens is 292 g/mol. The number of sulfonamides is 1. The number of carbonyl (C=O) groups is 1. The zero-order valence-corrected chi connectivity index (χ0v) is 12.4. The number of aliphatic carboxylic acids is 1. The van der Waals surface area contributed by atoms with E-state index in [1.165, 1.54) is 18.2 Å². The summed E-state index contributed by atoms with van der Waals surface area (Å²) in [6, 6.07) is 6.18. The highest BCUT2D eigenvalue weighted by molar-refractivity contribution is 7.89. The smallest absolute Gasteiger partial charge is 0.310 e. The molecule has 1 fully saturated rings. The third kappa shape index (κ3) is 2.91. The number of hydrogen-bond acceptors (Lipinski definition) is 4. The van der Waals surface area contributed by atoms with E-state index >= 15 is 0 Å². The fourth-order valence-electron chi connectivity index (χ4n) is 2.32. The van der Waals surface area contributed by atoms with Gasteiger partial charge in [-0.1, -0.05) is 6.42 Å². The first-order valence-corrected chi connectivity index (χ1v) is 8.03. The van der Waals surface area contributed by atoms with Crippen LogP contribution in [0.15, 0.2) is 23.1 Å². The molecule has 0 bridgehead atoms. The Morgan fingerprint density at radius 3 is 2.57 bits per heavy atom. The van der Waals surface area contributed by atoms with E-state index in [1.807, 2.05) is 6.07 Å². The summed E-state index contributed by atoms with van der Waals surface area (Å²) in [7, 11) is -3.77. The molecule has 0 aromatic heterocycles. The summed E-state index contributed by atoms with van der Waals surface area (Å²) in [6.45, 7) is 1.55. The van der Waals surface area contributed by atoms with Crippen LogP contribution in [-0.4, -0.2) is 26.0 Å². The summed E-state index contributed by atoms with van der Waals surface area (Å²) >= 11 is 0. The SMILES string of the molecule is Cc1cc(S(=O)(=O)NCC2(C(=O)O)CCC2)ccc1C#N. The molecular formula is C14H16N2O4S. The van der Waals surface area contributed by atoms with Crippen LogP contribution in [0.25, 0.3) is 0 Å². The van der Waals surface area contributed by atoms with Gasteiger partial charge < -0.3 is 5.11 Å². The molecule has 1 saturated carbocycles. The molecule has 7 heteroatoms. The Kier molecular flexibility index (Phi) is 4.03. The Morgan fingerprint density at radius 1 is 1.48 bits per heavy atom. The van der Waals surface area contributed by atoms with Crippen molar-refractivity contribution in [2.75, 3.05) is 6.54 Å². The van der Waals surface area contributed by atoms with Crippen LogP contribution < -0.4 is 4.72 Å². The number of rotatable bonds is 5. The lowest BCUT2D eigenvalue weighted by Crippen LogP contribution is -2.47. The number of nitriles is 1. The minimum atomic E-state index is -3.77. The van der Waals surface area contributed by atoms with Crippen LogP contribution in [0.4, 0.5) is 0 Å². The van der Waals surface area contributed by atoms with Crippen molar-refractivity contribution in [1.29, 1.82) is 5.26 Å². The van der Waals surface area contributed by atoms with Gasteiger partial charge in [0.25, 0.3) is 0 Å². The van der Waals surface area contributed by atoms with Crippen molar-refractivity contribution in [3.8, 4) is 6.07 Å². The highest BCUT2D eigenvalue weighted by Gasteiger charge is 2.44. The third-order valence-electron chi connectivity index (χ3n) is 3.99. The van der Waals surface area contributed by atoms with Crippen LogP contribution >= 0.6 is 0 Å². The summed E-state index contributed by atoms with van der Waals surface area (Å²) in [6.07, 6.45) is 1.76. The lowest BCUT2D eigenvalue weighted by atomic mass is 9.69. The average molecular weight is 308 g/mol. The summed E-state index contributed by atoms with van der Waals surface area (Å²) in [5.41, 5.74) is 0.00116. The molecule has 2 rings (SSSR count). The molecule has 0 spiro atoms. The monoisotopic (exact) mass is 308 g/mol. The van der Waals surface area contributed by atoms with Crippen LogP contribution in [0.1, 0.15) is 30.4 Å². The summed E-state index contributed by atoms with van der Waals surface area (Å²) in [5.74, 6) is -0.965. The van der Waals surface area contributed by atoms with E-state index in [-0.39, 0.29) is 11.4 Å². The highest BCUT2D eigenvalue weighted by Crippen LogP contribution is 2.40. The molecule has 0 saturated heterocycles. The second-order valence-corrected chi connectivity index (χ2v) is 7.12. The molecule has 1 aromatic rings. The quantitative estimate of drug-likeness (QED) is 0.855. The topological polar surface area (TPSA) is 107 Å². The van der Waals surface area contributed by atoms with Gasteiger partial charge in [-0.2, -0.15) is 5.26 Å². The average Bonchev–Trinajstić information content (AvgIpc) is 2.36. The second kappa shape index (κ2) is 5.47. The van der Waals surface area contributed by atoms with Crippen LogP contribution in [0.3, 0.4) is 0 Å². The number of benzene rings is 1. The Bertz CT molecular complexity index is 715. The fraction of sp³-hybridized carbons (Fsp3) is 0.429. The van der Waals surface area contributed by atoms with E-state index in [0.29, 0.717) is 24.0 Å². The predicted octanol–water partition coefficient (Wildman–Crippen LogP) is 1.40. The Labute approximate surface area is 123 Å². The van der Waals surface area contributed by atoms with Gasteiger partial charge in [0.2, 0.25) is 10.0 Å². The molecule has 1 aromatic carbocycles. The van der Waals surface area contributed by atoms with Gasteiger partial charge in [-0.25, -0.2) is 13.1 Å². The molecule has 0 aliphatic heterocycles. The molecule has 1 aliphatic rings. The van der Waals surface area contributed by atoms with E-state index in [2.05, 4.69) is 4.72 Å². The number of nitrogens with one attached hydrogen (secondary N) is 1. The fourth-order valence-corrected chi connectivity index (χ4v) is 3.53. The van der Waals surface area contributed by atoms with Gasteiger partial charge in [-0.05, 0) is 43.5 Å². The molecule has 0 unspecified atom stereocenters. The first kappa shape index (κ1) is 15.5. The van der Waals surface area contributed by atoms with Gasteiger partial charge >= 0.3 is 5.97 Å². The molecule has 0 radical (unpaired) electrons. The maximum atomic E-state index is 12.2. The number of hydrogen-bond donors (Lipinski definition) is 2. The van der Waals surface area contributed by atoms with Gasteiger partial charge in [0.1, 0.15) is 0 Å². The van der Waals surface area contributed by atoms with Gasteiger partial charge in [0.15, 0.2) is 0 Å². The minimum absolute atomic E-state index is 0.0406. The zero-order valence-electron chi connectivity index (χ0n) is 11.6. The second-order valence-electron chi connectivity index (χ2n) is 5.35. The molecule has 2 N–H and O–H groups in total. The van der Waals surface area contributed by atoms with Crippen molar-refractivity contribution in [3.05, 3.63) is 29.3 Å². The summed E-state index contributed by atoms with van der Waals surface area (Å²) in [4.78, 5) is 11.3. The van der Waals surface area contributed by atoms with Crippen LogP contribution in [0.5, 0.6) is 0 Å². The number of carboxylic acids is 1. The van der Waals surface area contributed by atoms with Crippen molar-refractivity contribution in [2.24, 2.45) is 5.41 Å². The summed E-state index contributed by atoms with van der Waals surface area (Å²) < 4.78 is 26.8. The van der Waals surface area contributed by atoms with Gasteiger partial charge in [-0.3, -0.25) is 4.79 Å². The lowest BCUT2D eigenvalue weighted by Gasteiger charge is -2.37. The molecule has 0 amide bonds. The van der Waals surface area contributed by atoms with Crippen LogP contribution in [-0.2, 0) is 14.8 Å². The van der Waals surface area contributed by atoms with Crippen molar-refractivity contribution in [3.63, 3.8) is 0 Å². The molecule has 0 atom stereocenters. The lowest BCUT2D eigenvalue weighted by molar-refractivity contribution is -0.153. The zero-order chi connectivity index (χ0) is 15.7. The molecule has 0 heterocycles. The molecule has 6 nitrogen and oxygen atoms in total. The number of nitrogens with zero attached hydrogens (tertiary/aromatic N) is 1. The van der Waals surface area contributed by atoms with Crippen molar-refractivity contribution < 1.29 is 18.3 Å². The summed E-state index contributed by atoms with van der Waals surface area (Å²) in [5, 5.41) is 18.0. The van der Waals surface area contributed by atoms with E-state index < -0.39 is 21.4 Å². The van der Waals surface area contributed by atoms with E-state index in [1.54, 1.807) is 6.92 Å². The number of aryl methyl sites for hydroxylation is 1. The van der Waals surface area contributed by atoms with Crippen molar-refractivity contribution in [1.82, 2.24) is 4.72 Å². The Balaban J connectivity index is 2.18.